The number of rotatable bonds is 3. The molecule has 1 aliphatic rings. The number of benzene rings is 1. The van der Waals surface area contributed by atoms with Crippen LogP contribution in [0.25, 0.3) is 0 Å². The molecule has 0 atom stereocenters. The van der Waals surface area contributed by atoms with Crippen LogP contribution in [0.5, 0.6) is 0 Å². The Kier molecular flexibility index (Phi) is 3.55. The lowest BCUT2D eigenvalue weighted by Crippen LogP contribution is -2.29. The first kappa shape index (κ1) is 11.4. The van der Waals surface area contributed by atoms with E-state index in [1.807, 2.05) is 30.3 Å². The van der Waals surface area contributed by atoms with E-state index in [9.17, 15) is 9.59 Å². The van der Waals surface area contributed by atoms with Gasteiger partial charge in [-0.05, 0) is 12.0 Å². The lowest BCUT2D eigenvalue weighted by molar-refractivity contribution is -0.122. The molecule has 17 heavy (non-hydrogen) atoms. The normalized spacial score (nSPS) is 15.3. The number of allylic oxidation sites excluding steroid dienone is 1. The summed E-state index contributed by atoms with van der Waals surface area (Å²) in [6, 6.07) is 9.81. The van der Waals surface area contributed by atoms with Gasteiger partial charge in [-0.2, -0.15) is 0 Å². The lowest BCUT2D eigenvalue weighted by Gasteiger charge is -2.06. The number of nitrogens with zero attached hydrogens (tertiary/aromatic N) is 1. The summed E-state index contributed by atoms with van der Waals surface area (Å²) in [6.07, 6.45) is 3.29. The summed E-state index contributed by atoms with van der Waals surface area (Å²) >= 11 is 0. The summed E-state index contributed by atoms with van der Waals surface area (Å²) in [5.74, 6) is -0.316. The van der Waals surface area contributed by atoms with Crippen LogP contribution in [0.3, 0.4) is 0 Å². The Balaban J connectivity index is 1.88. The minimum absolute atomic E-state index is 0.289. The molecule has 1 heterocycles. The summed E-state index contributed by atoms with van der Waals surface area (Å²) in [6.45, 7) is 0.629. The maximum absolute atomic E-state index is 11.6. The number of hydrogen-bond donors (Lipinski definition) is 0. The van der Waals surface area contributed by atoms with E-state index in [2.05, 4.69) is 4.74 Å². The van der Waals surface area contributed by atoms with Gasteiger partial charge in [0.2, 0.25) is 0 Å². The first-order valence-electron chi connectivity index (χ1n) is 5.46. The van der Waals surface area contributed by atoms with Crippen LogP contribution in [0.4, 0.5) is 4.79 Å². The molecule has 1 saturated heterocycles. The predicted octanol–water partition coefficient (Wildman–Crippen LogP) is 1.76. The Morgan fingerprint density at radius 2 is 2.12 bits per heavy atom. The highest BCUT2D eigenvalue weighted by Crippen LogP contribution is 2.05. The van der Waals surface area contributed by atoms with Crippen LogP contribution in [0.15, 0.2) is 42.5 Å². The van der Waals surface area contributed by atoms with Gasteiger partial charge in [0, 0.05) is 6.08 Å². The predicted molar refractivity (Wildman–Crippen MR) is 62.3 cm³/mol. The molecular formula is C13H13NO3. The van der Waals surface area contributed by atoms with Gasteiger partial charge >= 0.3 is 6.09 Å². The molecule has 2 rings (SSSR count). The highest BCUT2D eigenvalue weighted by atomic mass is 16.6. The Bertz CT molecular complexity index is 439. The molecule has 0 bridgehead atoms. The van der Waals surface area contributed by atoms with Gasteiger partial charge in [-0.3, -0.25) is 4.79 Å². The monoisotopic (exact) mass is 231 g/mol. The minimum atomic E-state index is -0.556. The van der Waals surface area contributed by atoms with Crippen molar-refractivity contribution in [2.75, 3.05) is 13.2 Å². The van der Waals surface area contributed by atoms with E-state index in [4.69, 9.17) is 0 Å². The number of amides is 2. The second kappa shape index (κ2) is 5.30. The van der Waals surface area contributed by atoms with Gasteiger partial charge in [-0.15, -0.1) is 0 Å². The third-order valence-electron chi connectivity index (χ3n) is 2.48. The molecule has 1 aliphatic heterocycles. The SMILES string of the molecule is O=C(/C=C/Cc1ccccc1)N1CCOC1=O. The minimum Gasteiger partial charge on any atom is -0.447 e. The number of cyclic esters (lactones) is 1. The summed E-state index contributed by atoms with van der Waals surface area (Å²) in [5, 5.41) is 0. The van der Waals surface area contributed by atoms with Gasteiger partial charge < -0.3 is 4.74 Å². The molecule has 1 aromatic carbocycles. The number of imide groups is 1. The number of ether oxygens (including phenoxy) is 1. The fourth-order valence-electron chi connectivity index (χ4n) is 1.59. The highest BCUT2D eigenvalue weighted by Gasteiger charge is 2.26. The topological polar surface area (TPSA) is 46.6 Å². The van der Waals surface area contributed by atoms with Gasteiger partial charge in [0.05, 0.1) is 6.54 Å². The molecule has 0 radical (unpaired) electrons. The van der Waals surface area contributed by atoms with Crippen LogP contribution >= 0.6 is 0 Å². The molecule has 0 aromatic heterocycles. The summed E-state index contributed by atoms with van der Waals surface area (Å²) in [7, 11) is 0. The molecule has 1 fully saturated rings. The second-order valence-electron chi connectivity index (χ2n) is 3.70. The molecule has 0 unspecified atom stereocenters. The zero-order valence-electron chi connectivity index (χ0n) is 9.33. The van der Waals surface area contributed by atoms with Gasteiger partial charge in [-0.1, -0.05) is 36.4 Å². The van der Waals surface area contributed by atoms with Crippen LogP contribution in [0.2, 0.25) is 0 Å². The molecule has 1 aromatic rings. The number of carbonyl (C=O) groups excluding carboxylic acids is 2. The van der Waals surface area contributed by atoms with E-state index in [1.165, 1.54) is 6.08 Å². The third kappa shape index (κ3) is 2.93. The van der Waals surface area contributed by atoms with Crippen molar-refractivity contribution in [3.63, 3.8) is 0 Å². The molecule has 0 N–H and O–H groups in total. The second-order valence-corrected chi connectivity index (χ2v) is 3.70. The first-order valence-corrected chi connectivity index (χ1v) is 5.46. The van der Waals surface area contributed by atoms with Crippen molar-refractivity contribution < 1.29 is 14.3 Å². The van der Waals surface area contributed by atoms with Crippen LogP contribution in [0.1, 0.15) is 5.56 Å². The molecule has 4 nitrogen and oxygen atoms in total. The van der Waals surface area contributed by atoms with E-state index in [-0.39, 0.29) is 12.5 Å². The van der Waals surface area contributed by atoms with Gasteiger partial charge in [0.25, 0.3) is 5.91 Å². The summed E-state index contributed by atoms with van der Waals surface area (Å²) in [4.78, 5) is 23.8. The Morgan fingerprint density at radius 3 is 2.76 bits per heavy atom. The van der Waals surface area contributed by atoms with Crippen molar-refractivity contribution in [2.24, 2.45) is 0 Å². The van der Waals surface area contributed by atoms with Crippen LogP contribution in [-0.2, 0) is 16.0 Å². The van der Waals surface area contributed by atoms with E-state index >= 15 is 0 Å². The Hall–Kier alpha value is -2.10. The Morgan fingerprint density at radius 1 is 1.35 bits per heavy atom. The molecule has 0 saturated carbocycles. The van der Waals surface area contributed by atoms with E-state index in [0.717, 1.165) is 10.5 Å². The van der Waals surface area contributed by atoms with Crippen LogP contribution in [0, 0.1) is 0 Å². The summed E-state index contributed by atoms with van der Waals surface area (Å²) in [5.41, 5.74) is 1.13. The molecule has 2 amide bonds. The molecule has 4 heteroatoms. The maximum Gasteiger partial charge on any atom is 0.416 e. The van der Waals surface area contributed by atoms with Gasteiger partial charge in [0.15, 0.2) is 0 Å². The van der Waals surface area contributed by atoms with E-state index in [0.29, 0.717) is 13.0 Å². The average molecular weight is 231 g/mol. The van der Waals surface area contributed by atoms with Crippen LogP contribution < -0.4 is 0 Å². The number of carbonyl (C=O) groups is 2. The van der Waals surface area contributed by atoms with E-state index < -0.39 is 6.09 Å². The van der Waals surface area contributed by atoms with Crippen molar-refractivity contribution in [3.05, 3.63) is 48.0 Å². The molecule has 88 valence electrons. The van der Waals surface area contributed by atoms with Crippen molar-refractivity contribution in [1.29, 1.82) is 0 Å². The standard InChI is InChI=1S/C13H13NO3/c15-12(14-9-10-17-13(14)16)8-4-7-11-5-2-1-3-6-11/h1-6,8H,7,9-10H2/b8-4+. The molecule has 0 aliphatic carbocycles. The fraction of sp³-hybridized carbons (Fsp3) is 0.231. The van der Waals surface area contributed by atoms with E-state index in [1.54, 1.807) is 6.08 Å². The van der Waals surface area contributed by atoms with Gasteiger partial charge in [0.1, 0.15) is 6.61 Å². The quantitative estimate of drug-likeness (QED) is 0.745. The number of hydrogen-bond acceptors (Lipinski definition) is 3. The first-order chi connectivity index (χ1) is 8.27. The third-order valence-corrected chi connectivity index (χ3v) is 2.48. The lowest BCUT2D eigenvalue weighted by atomic mass is 10.1. The average Bonchev–Trinajstić information content (AvgIpc) is 2.77. The van der Waals surface area contributed by atoms with Crippen LogP contribution in [-0.4, -0.2) is 30.1 Å². The molecule has 0 spiro atoms. The maximum atomic E-state index is 11.6. The fourth-order valence-corrected chi connectivity index (χ4v) is 1.59. The summed E-state index contributed by atoms with van der Waals surface area (Å²) < 4.78 is 4.68. The van der Waals surface area contributed by atoms with Crippen molar-refractivity contribution in [3.8, 4) is 0 Å². The van der Waals surface area contributed by atoms with Crippen molar-refractivity contribution in [2.45, 2.75) is 6.42 Å². The van der Waals surface area contributed by atoms with Gasteiger partial charge in [-0.25, -0.2) is 9.69 Å². The largest absolute Gasteiger partial charge is 0.447 e. The van der Waals surface area contributed by atoms with Crippen molar-refractivity contribution >= 4 is 12.0 Å². The highest BCUT2D eigenvalue weighted by molar-refractivity contribution is 5.99. The smallest absolute Gasteiger partial charge is 0.416 e. The van der Waals surface area contributed by atoms with Crippen molar-refractivity contribution in [1.82, 2.24) is 4.90 Å². The zero-order chi connectivity index (χ0) is 12.1. The zero-order valence-corrected chi connectivity index (χ0v) is 9.33. The Labute approximate surface area is 99.5 Å². The molecular weight excluding hydrogens is 218 g/mol.